The van der Waals surface area contributed by atoms with Gasteiger partial charge in [0, 0.05) is 13.0 Å². The van der Waals surface area contributed by atoms with Gasteiger partial charge in [0.15, 0.2) is 0 Å². The lowest BCUT2D eigenvalue weighted by molar-refractivity contribution is 0.832. The van der Waals surface area contributed by atoms with Crippen LogP contribution < -0.4 is 5.32 Å². The molecule has 0 spiro atoms. The number of hydrogen-bond acceptors (Lipinski definition) is 3. The largest absolute Gasteiger partial charge is 0.369 e. The molecule has 4 heteroatoms. The molecule has 0 aliphatic carbocycles. The summed E-state index contributed by atoms with van der Waals surface area (Å²) in [6, 6.07) is 8.41. The predicted molar refractivity (Wildman–Crippen MR) is 91.9 cm³/mol. The summed E-state index contributed by atoms with van der Waals surface area (Å²) in [5, 5.41) is 3.32. The molecule has 112 valence electrons. The van der Waals surface area contributed by atoms with Gasteiger partial charge in [-0.25, -0.2) is 9.97 Å². The Morgan fingerprint density at radius 3 is 2.57 bits per heavy atom. The summed E-state index contributed by atoms with van der Waals surface area (Å²) >= 11 is 3.63. The molecule has 1 aromatic heterocycles. The molecule has 2 rings (SSSR count). The molecule has 0 radical (unpaired) electrons. The van der Waals surface area contributed by atoms with E-state index in [2.05, 4.69) is 71.3 Å². The molecule has 21 heavy (non-hydrogen) atoms. The van der Waals surface area contributed by atoms with Gasteiger partial charge in [-0.3, -0.25) is 0 Å². The Kier molecular flexibility index (Phi) is 5.74. The maximum absolute atomic E-state index is 4.74. The fourth-order valence-corrected chi connectivity index (χ4v) is 2.81. The lowest BCUT2D eigenvalue weighted by Crippen LogP contribution is -2.09. The smallest absolute Gasteiger partial charge is 0.144 e. The number of aryl methyl sites for hydroxylation is 2. The fourth-order valence-electron chi connectivity index (χ4n) is 2.29. The Morgan fingerprint density at radius 2 is 1.90 bits per heavy atom. The third-order valence-electron chi connectivity index (χ3n) is 3.41. The molecule has 0 saturated carbocycles. The number of halogens is 1. The van der Waals surface area contributed by atoms with Crippen molar-refractivity contribution in [1.82, 2.24) is 9.97 Å². The highest BCUT2D eigenvalue weighted by Gasteiger charge is 2.12. The number of hydrogen-bond donors (Lipinski definition) is 1. The molecular weight excluding hydrogens is 326 g/mol. The minimum atomic E-state index is 0.773. The number of anilines is 1. The molecule has 0 saturated heterocycles. The van der Waals surface area contributed by atoms with E-state index in [1.807, 2.05) is 0 Å². The van der Waals surface area contributed by atoms with Crippen LogP contribution in [0.3, 0.4) is 0 Å². The van der Waals surface area contributed by atoms with E-state index in [9.17, 15) is 0 Å². The molecule has 0 fully saturated rings. The first-order chi connectivity index (χ1) is 10.2. The van der Waals surface area contributed by atoms with Crippen molar-refractivity contribution < 1.29 is 0 Å². The first-order valence-electron chi connectivity index (χ1n) is 7.49. The van der Waals surface area contributed by atoms with Crippen LogP contribution in [0.5, 0.6) is 0 Å². The van der Waals surface area contributed by atoms with Crippen molar-refractivity contribution in [1.29, 1.82) is 0 Å². The van der Waals surface area contributed by atoms with Gasteiger partial charge in [0.2, 0.25) is 0 Å². The highest BCUT2D eigenvalue weighted by Crippen LogP contribution is 2.25. The number of nitrogens with zero attached hydrogens (tertiary/aromatic N) is 2. The lowest BCUT2D eigenvalue weighted by atomic mass is 10.1. The van der Waals surface area contributed by atoms with Gasteiger partial charge < -0.3 is 5.32 Å². The average molecular weight is 348 g/mol. The van der Waals surface area contributed by atoms with Gasteiger partial charge >= 0.3 is 0 Å². The molecule has 1 aromatic carbocycles. The molecule has 0 atom stereocenters. The van der Waals surface area contributed by atoms with Crippen LogP contribution in [0, 0.1) is 6.92 Å². The minimum absolute atomic E-state index is 0.773. The van der Waals surface area contributed by atoms with E-state index >= 15 is 0 Å². The maximum Gasteiger partial charge on any atom is 0.144 e. The molecule has 1 N–H and O–H groups in total. The zero-order chi connectivity index (χ0) is 15.2. The molecule has 0 unspecified atom stereocenters. The maximum atomic E-state index is 4.74. The van der Waals surface area contributed by atoms with Gasteiger partial charge in [0.1, 0.15) is 11.6 Å². The number of nitrogens with one attached hydrogen (secondary N) is 1. The topological polar surface area (TPSA) is 37.8 Å². The molecule has 0 bridgehead atoms. The van der Waals surface area contributed by atoms with Gasteiger partial charge in [-0.1, -0.05) is 37.6 Å². The zero-order valence-corrected chi connectivity index (χ0v) is 14.5. The summed E-state index contributed by atoms with van der Waals surface area (Å²) in [5.74, 6) is 1.78. The summed E-state index contributed by atoms with van der Waals surface area (Å²) in [6.45, 7) is 7.23. The lowest BCUT2D eigenvalue weighted by Gasteiger charge is -2.12. The van der Waals surface area contributed by atoms with Gasteiger partial charge in [-0.2, -0.15) is 0 Å². The number of rotatable bonds is 6. The minimum Gasteiger partial charge on any atom is -0.369 e. The third-order valence-corrected chi connectivity index (χ3v) is 4.24. The Bertz CT molecular complexity index is 584. The van der Waals surface area contributed by atoms with Crippen molar-refractivity contribution in [2.45, 2.75) is 40.0 Å². The highest BCUT2D eigenvalue weighted by molar-refractivity contribution is 9.10. The van der Waals surface area contributed by atoms with Crippen molar-refractivity contribution in [3.63, 3.8) is 0 Å². The number of aromatic nitrogens is 2. The van der Waals surface area contributed by atoms with Crippen molar-refractivity contribution in [2.75, 3.05) is 11.9 Å². The van der Waals surface area contributed by atoms with Crippen LogP contribution in [0.15, 0.2) is 28.7 Å². The van der Waals surface area contributed by atoms with Gasteiger partial charge in [-0.15, -0.1) is 0 Å². The van der Waals surface area contributed by atoms with E-state index in [-0.39, 0.29) is 0 Å². The van der Waals surface area contributed by atoms with Crippen LogP contribution >= 0.6 is 15.9 Å². The first kappa shape index (κ1) is 16.0. The van der Waals surface area contributed by atoms with Crippen LogP contribution in [-0.4, -0.2) is 16.5 Å². The summed E-state index contributed by atoms with van der Waals surface area (Å²) < 4.78 is 1.000. The van der Waals surface area contributed by atoms with E-state index in [1.165, 1.54) is 11.1 Å². The fraction of sp³-hybridized carbons (Fsp3) is 0.412. The second-order valence-corrected chi connectivity index (χ2v) is 5.93. The average Bonchev–Trinajstić information content (AvgIpc) is 2.47. The highest BCUT2D eigenvalue weighted by atomic mass is 79.9. The molecule has 2 aromatic rings. The molecule has 1 heterocycles. The molecule has 3 nitrogen and oxygen atoms in total. The van der Waals surface area contributed by atoms with Gasteiger partial charge in [0.05, 0.1) is 10.2 Å². The summed E-state index contributed by atoms with van der Waals surface area (Å²) in [7, 11) is 0. The standard InChI is InChI=1S/C17H22BrN3/c1-4-8-14-16(18)17(19-5-2)21-15(20-14)11-13-10-7-6-9-12(13)3/h6-7,9-10H,4-5,8,11H2,1-3H3,(H,19,20,21). The molecular formula is C17H22BrN3. The summed E-state index contributed by atoms with van der Waals surface area (Å²) in [6.07, 6.45) is 2.81. The monoisotopic (exact) mass is 347 g/mol. The normalized spacial score (nSPS) is 10.7. The second kappa shape index (κ2) is 7.55. The predicted octanol–water partition coefficient (Wildman–Crippen LogP) is 4.52. The molecule has 0 aliphatic rings. The SMILES string of the molecule is CCCc1nc(Cc2ccccc2C)nc(NCC)c1Br. The Morgan fingerprint density at radius 1 is 1.14 bits per heavy atom. The number of benzene rings is 1. The summed E-state index contributed by atoms with van der Waals surface area (Å²) in [4.78, 5) is 9.42. The third kappa shape index (κ3) is 4.03. The van der Waals surface area contributed by atoms with Crippen molar-refractivity contribution >= 4 is 21.7 Å². The zero-order valence-electron chi connectivity index (χ0n) is 12.9. The Hall–Kier alpha value is -1.42. The van der Waals surface area contributed by atoms with E-state index < -0.39 is 0 Å². The van der Waals surface area contributed by atoms with Crippen LogP contribution in [-0.2, 0) is 12.8 Å². The van der Waals surface area contributed by atoms with E-state index in [0.717, 1.165) is 47.6 Å². The van der Waals surface area contributed by atoms with E-state index in [1.54, 1.807) is 0 Å². The van der Waals surface area contributed by atoms with Crippen molar-refractivity contribution in [3.8, 4) is 0 Å². The van der Waals surface area contributed by atoms with Gasteiger partial charge in [0.25, 0.3) is 0 Å². The van der Waals surface area contributed by atoms with Gasteiger partial charge in [-0.05, 0) is 47.3 Å². The quantitative estimate of drug-likeness (QED) is 0.834. The van der Waals surface area contributed by atoms with Crippen molar-refractivity contribution in [2.24, 2.45) is 0 Å². The second-order valence-electron chi connectivity index (χ2n) is 5.13. The van der Waals surface area contributed by atoms with E-state index in [0.29, 0.717) is 0 Å². The Balaban J connectivity index is 2.36. The Labute approximate surface area is 135 Å². The first-order valence-corrected chi connectivity index (χ1v) is 8.28. The van der Waals surface area contributed by atoms with E-state index in [4.69, 9.17) is 4.98 Å². The van der Waals surface area contributed by atoms with Crippen LogP contribution in [0.25, 0.3) is 0 Å². The molecule has 0 aliphatic heterocycles. The van der Waals surface area contributed by atoms with Crippen LogP contribution in [0.2, 0.25) is 0 Å². The van der Waals surface area contributed by atoms with Crippen molar-refractivity contribution in [3.05, 3.63) is 51.4 Å². The molecule has 0 amide bonds. The van der Waals surface area contributed by atoms with Crippen LogP contribution in [0.4, 0.5) is 5.82 Å². The summed E-state index contributed by atoms with van der Waals surface area (Å²) in [5.41, 5.74) is 3.66. The van der Waals surface area contributed by atoms with Crippen LogP contribution in [0.1, 0.15) is 42.9 Å².